The van der Waals surface area contributed by atoms with Crippen LogP contribution in [0.4, 0.5) is 5.69 Å². The van der Waals surface area contributed by atoms with E-state index in [1.165, 1.54) is 60.0 Å². The molecule has 0 saturated carbocycles. The molecule has 3 amide bonds. The second-order valence-corrected chi connectivity index (χ2v) is 9.81. The molecular weight excluding hydrogens is 478 g/mol. The number of nitro groups is 1. The van der Waals surface area contributed by atoms with Crippen LogP contribution in [0.25, 0.3) is 0 Å². The first-order valence-corrected chi connectivity index (χ1v) is 11.7. The summed E-state index contributed by atoms with van der Waals surface area (Å²) in [5.41, 5.74) is -0.799. The van der Waals surface area contributed by atoms with Gasteiger partial charge in [0.2, 0.25) is 0 Å². The predicted octanol–water partition coefficient (Wildman–Crippen LogP) is 1.34. The van der Waals surface area contributed by atoms with Crippen molar-refractivity contribution in [3.05, 3.63) is 75.3 Å². The molecule has 0 radical (unpaired) electrons. The number of amides is 3. The van der Waals surface area contributed by atoms with Gasteiger partial charge >= 0.3 is 5.97 Å². The van der Waals surface area contributed by atoms with Crippen molar-refractivity contribution in [2.75, 3.05) is 5.75 Å². The van der Waals surface area contributed by atoms with Gasteiger partial charge in [-0.1, -0.05) is 12.1 Å². The molecule has 0 bridgehead atoms. The molecule has 1 N–H and O–H groups in total. The van der Waals surface area contributed by atoms with Gasteiger partial charge in [0.1, 0.15) is 23.6 Å². The number of β-lactam (4-membered cyclic amide) rings is 1. The summed E-state index contributed by atoms with van der Waals surface area (Å²) in [6, 6.07) is 9.31. The number of carbonyl (C=O) groups is 4. The van der Waals surface area contributed by atoms with E-state index < -0.39 is 51.7 Å². The van der Waals surface area contributed by atoms with Crippen molar-refractivity contribution >= 4 is 41.1 Å². The fraction of sp³-hybridized carbons (Fsp3) is 0.304. The number of nitrogens with zero attached hydrogens (tertiary/aromatic N) is 3. The lowest BCUT2D eigenvalue weighted by Crippen LogP contribution is -2.79. The lowest BCUT2D eigenvalue weighted by molar-refractivity contribution is -0.384. The van der Waals surface area contributed by atoms with Crippen molar-refractivity contribution in [2.45, 2.75) is 36.6 Å². The molecule has 12 heteroatoms. The third-order valence-electron chi connectivity index (χ3n) is 6.32. The quantitative estimate of drug-likeness (QED) is 0.212. The van der Waals surface area contributed by atoms with Crippen LogP contribution >= 0.6 is 11.8 Å². The Morgan fingerprint density at radius 1 is 1.14 bits per heavy atom. The molecule has 4 atom stereocenters. The molecule has 0 spiro atoms. The van der Waals surface area contributed by atoms with Gasteiger partial charge in [0.05, 0.1) is 16.1 Å². The molecule has 180 valence electrons. The van der Waals surface area contributed by atoms with Gasteiger partial charge in [0, 0.05) is 17.9 Å². The first-order valence-electron chi connectivity index (χ1n) is 10.6. The van der Waals surface area contributed by atoms with E-state index in [1.807, 2.05) is 0 Å². The minimum absolute atomic E-state index is 0.0679. The van der Waals surface area contributed by atoms with Gasteiger partial charge in [0.15, 0.2) is 6.04 Å². The highest BCUT2D eigenvalue weighted by Crippen LogP contribution is 2.46. The van der Waals surface area contributed by atoms with E-state index >= 15 is 0 Å². The number of rotatable bonds is 5. The molecule has 0 aliphatic carbocycles. The first-order chi connectivity index (χ1) is 16.6. The van der Waals surface area contributed by atoms with Gasteiger partial charge in [0.25, 0.3) is 23.4 Å². The topological polar surface area (TPSA) is 147 Å². The predicted molar refractivity (Wildman–Crippen MR) is 121 cm³/mol. The molecule has 0 aromatic heterocycles. The minimum Gasteiger partial charge on any atom is -0.459 e. The third kappa shape index (κ3) is 3.56. The Balaban J connectivity index is 1.33. The fourth-order valence-corrected chi connectivity index (χ4v) is 6.03. The number of non-ortho nitro benzene ring substituents is 1. The number of thioether (sulfide) groups is 1. The minimum atomic E-state index is -1.61. The number of ether oxygens (including phenoxy) is 1. The molecule has 3 aliphatic heterocycles. The zero-order chi connectivity index (χ0) is 25.1. The molecule has 2 aromatic rings. The van der Waals surface area contributed by atoms with Crippen LogP contribution in [0.5, 0.6) is 0 Å². The molecule has 2 aromatic carbocycles. The lowest BCUT2D eigenvalue weighted by atomic mass is 9.90. The second-order valence-electron chi connectivity index (χ2n) is 8.71. The molecule has 0 unspecified atom stereocenters. The zero-order valence-electron chi connectivity index (χ0n) is 18.3. The van der Waals surface area contributed by atoms with Crippen LogP contribution in [-0.2, 0) is 20.9 Å². The zero-order valence-corrected chi connectivity index (χ0v) is 19.1. The largest absolute Gasteiger partial charge is 0.459 e. The second kappa shape index (κ2) is 8.17. The molecule has 5 rings (SSSR count). The molecule has 35 heavy (non-hydrogen) atoms. The van der Waals surface area contributed by atoms with E-state index in [9.17, 15) is 34.4 Å². The summed E-state index contributed by atoms with van der Waals surface area (Å²) in [6.45, 7) is 1.20. The van der Waals surface area contributed by atoms with Crippen molar-refractivity contribution in [3.8, 4) is 0 Å². The molecule has 3 heterocycles. The van der Waals surface area contributed by atoms with Crippen molar-refractivity contribution in [1.82, 2.24) is 9.80 Å². The van der Waals surface area contributed by atoms with Gasteiger partial charge in [-0.15, -0.1) is 11.8 Å². The first kappa shape index (κ1) is 23.0. The Labute approximate surface area is 202 Å². The maximum absolute atomic E-state index is 13.2. The third-order valence-corrected chi connectivity index (χ3v) is 7.90. The van der Waals surface area contributed by atoms with Crippen LogP contribution < -0.4 is 0 Å². The summed E-state index contributed by atoms with van der Waals surface area (Å²) in [7, 11) is 0. The molecular formula is C23H19N3O8S. The Kier molecular flexibility index (Phi) is 5.37. The van der Waals surface area contributed by atoms with E-state index in [-0.39, 0.29) is 29.2 Å². The van der Waals surface area contributed by atoms with Gasteiger partial charge < -0.3 is 14.7 Å². The van der Waals surface area contributed by atoms with E-state index in [0.29, 0.717) is 5.56 Å². The van der Waals surface area contributed by atoms with Crippen LogP contribution in [0.3, 0.4) is 0 Å². The van der Waals surface area contributed by atoms with E-state index in [2.05, 4.69) is 0 Å². The van der Waals surface area contributed by atoms with Crippen LogP contribution in [0.2, 0.25) is 0 Å². The Bertz CT molecular complexity index is 1240. The molecule has 11 nitrogen and oxygen atoms in total. The Morgan fingerprint density at radius 3 is 2.31 bits per heavy atom. The van der Waals surface area contributed by atoms with Gasteiger partial charge in [-0.2, -0.15) is 0 Å². The number of benzene rings is 2. The summed E-state index contributed by atoms with van der Waals surface area (Å²) in [5, 5.41) is 21.0. The number of hydrogen-bond acceptors (Lipinski definition) is 9. The van der Waals surface area contributed by atoms with Crippen molar-refractivity contribution in [2.24, 2.45) is 0 Å². The average Bonchev–Trinajstić information content (AvgIpc) is 3.08. The van der Waals surface area contributed by atoms with Crippen LogP contribution in [0.15, 0.2) is 48.5 Å². The summed E-state index contributed by atoms with van der Waals surface area (Å²) < 4.78 is 5.34. The summed E-state index contributed by atoms with van der Waals surface area (Å²) >= 11 is 1.18. The highest BCUT2D eigenvalue weighted by atomic mass is 32.2. The van der Waals surface area contributed by atoms with E-state index in [1.54, 1.807) is 12.1 Å². The van der Waals surface area contributed by atoms with E-state index in [0.717, 1.165) is 4.90 Å². The van der Waals surface area contributed by atoms with Crippen molar-refractivity contribution in [3.63, 3.8) is 0 Å². The van der Waals surface area contributed by atoms with Gasteiger partial charge in [-0.05, 0) is 36.8 Å². The van der Waals surface area contributed by atoms with Crippen LogP contribution in [0.1, 0.15) is 33.2 Å². The maximum Gasteiger partial charge on any atom is 0.332 e. The number of carbonyl (C=O) groups excluding carboxylic acids is 4. The molecule has 2 saturated heterocycles. The van der Waals surface area contributed by atoms with Crippen molar-refractivity contribution < 1.29 is 33.9 Å². The summed E-state index contributed by atoms with van der Waals surface area (Å²) in [5.74, 6) is -2.56. The normalized spacial score (nSPS) is 27.3. The molecule has 2 fully saturated rings. The smallest absolute Gasteiger partial charge is 0.332 e. The summed E-state index contributed by atoms with van der Waals surface area (Å²) in [6.07, 6.45) is 0. The van der Waals surface area contributed by atoms with Gasteiger partial charge in [-0.3, -0.25) is 29.4 Å². The number of hydrogen-bond donors (Lipinski definition) is 1. The molecule has 3 aliphatic rings. The van der Waals surface area contributed by atoms with Crippen LogP contribution in [0, 0.1) is 10.1 Å². The summed E-state index contributed by atoms with van der Waals surface area (Å²) in [4.78, 5) is 64.3. The monoisotopic (exact) mass is 497 g/mol. The number of fused-ring (bicyclic) bond motifs is 2. The average molecular weight is 497 g/mol. The van der Waals surface area contributed by atoms with Crippen LogP contribution in [-0.4, -0.2) is 72.3 Å². The SMILES string of the molecule is C[C@@]1(O)CS[C@@H]2[C@H](N3C(=O)c4ccccc4C3=O)C(=O)N2[C@H]1C(=O)OCc1ccc([N+](=O)[O-])cc1. The Morgan fingerprint density at radius 2 is 1.74 bits per heavy atom. The highest BCUT2D eigenvalue weighted by molar-refractivity contribution is 8.00. The lowest BCUT2D eigenvalue weighted by Gasteiger charge is -2.57. The Hall–Kier alpha value is -3.77. The van der Waals surface area contributed by atoms with Crippen molar-refractivity contribution in [1.29, 1.82) is 0 Å². The van der Waals surface area contributed by atoms with Gasteiger partial charge in [-0.25, -0.2) is 4.79 Å². The number of esters is 1. The standard InChI is InChI=1S/C23H19N3O8S/c1-23(31)11-35-21-16(24-18(27)14-4-2-3-5-15(14)19(24)28)20(29)25(21)17(23)22(30)34-10-12-6-8-13(9-7-12)26(32)33/h2-9,16-17,21,31H,10-11H2,1H3/t16-,17+,21-,23-/m1/s1. The number of nitro benzene ring substituents is 1. The number of imide groups is 1. The fourth-order valence-electron chi connectivity index (χ4n) is 4.56. The van der Waals surface area contributed by atoms with E-state index in [4.69, 9.17) is 4.74 Å². The highest BCUT2D eigenvalue weighted by Gasteiger charge is 2.65. The number of aliphatic hydroxyl groups is 1. The maximum atomic E-state index is 13.2.